The molecule has 28 heavy (non-hydrogen) atoms. The lowest BCUT2D eigenvalue weighted by molar-refractivity contribution is 0.0664. The summed E-state index contributed by atoms with van der Waals surface area (Å²) in [5.74, 6) is 0.577. The molecule has 0 spiro atoms. The molecule has 1 aromatic heterocycles. The monoisotopic (exact) mass is 384 g/mol. The molecule has 2 amide bonds. The minimum absolute atomic E-state index is 0.0911. The van der Waals surface area contributed by atoms with Gasteiger partial charge in [-0.05, 0) is 31.3 Å². The van der Waals surface area contributed by atoms with Gasteiger partial charge in [-0.3, -0.25) is 14.6 Å². The highest BCUT2D eigenvalue weighted by atomic mass is 16.5. The van der Waals surface area contributed by atoms with Crippen molar-refractivity contribution in [2.75, 3.05) is 52.8 Å². The van der Waals surface area contributed by atoms with Gasteiger partial charge in [-0.2, -0.15) is 0 Å². The van der Waals surface area contributed by atoms with Crippen molar-refractivity contribution in [1.82, 2.24) is 14.8 Å². The van der Waals surface area contributed by atoms with E-state index in [0.29, 0.717) is 35.8 Å². The lowest BCUT2D eigenvalue weighted by Crippen LogP contribution is -2.47. The maximum Gasteiger partial charge on any atom is 0.274 e. The first-order chi connectivity index (χ1) is 13.5. The van der Waals surface area contributed by atoms with E-state index in [9.17, 15) is 9.59 Å². The van der Waals surface area contributed by atoms with Crippen LogP contribution in [0.15, 0.2) is 36.5 Å². The maximum atomic E-state index is 12.7. The Morgan fingerprint density at radius 3 is 2.46 bits per heavy atom. The number of hydrogen-bond acceptors (Lipinski definition) is 6. The highest BCUT2D eigenvalue weighted by Crippen LogP contribution is 2.29. The van der Waals surface area contributed by atoms with E-state index in [1.165, 1.54) is 19.4 Å². The molecule has 1 aliphatic rings. The van der Waals surface area contributed by atoms with Gasteiger partial charge in [0, 0.05) is 44.0 Å². The van der Waals surface area contributed by atoms with Crippen molar-refractivity contribution in [3.63, 3.8) is 0 Å². The highest BCUT2D eigenvalue weighted by Gasteiger charge is 2.21. The molecule has 3 rings (SSSR count). The van der Waals surface area contributed by atoms with Crippen LogP contribution in [0.5, 0.6) is 11.5 Å². The fraction of sp³-hybridized carbons (Fsp3) is 0.350. The predicted molar refractivity (Wildman–Crippen MR) is 105 cm³/mol. The number of hydrogen-bond donors (Lipinski definition) is 1. The number of likely N-dealkylation sites (N-methyl/N-ethyl adjacent to an activating group) is 1. The molecule has 0 aliphatic carbocycles. The number of methoxy groups -OCH3 is 2. The SMILES string of the molecule is COc1ccc(NC(=O)c2cc(C(=O)N3CCN(C)CC3)ccn2)c(OC)c1. The van der Waals surface area contributed by atoms with Crippen LogP contribution < -0.4 is 14.8 Å². The number of carbonyl (C=O) groups excluding carboxylic acids is 2. The first-order valence-electron chi connectivity index (χ1n) is 8.99. The topological polar surface area (TPSA) is 84.0 Å². The van der Waals surface area contributed by atoms with E-state index < -0.39 is 5.91 Å². The number of ether oxygens (including phenoxy) is 2. The van der Waals surface area contributed by atoms with E-state index in [2.05, 4.69) is 15.2 Å². The van der Waals surface area contributed by atoms with Crippen LogP contribution >= 0.6 is 0 Å². The standard InChI is InChI=1S/C20H24N4O4/c1-23-8-10-24(11-9-23)20(26)14-6-7-21-17(12-14)19(25)22-16-5-4-15(27-2)13-18(16)28-3/h4-7,12-13H,8-11H2,1-3H3,(H,22,25). The van der Waals surface area contributed by atoms with Gasteiger partial charge in [0.2, 0.25) is 0 Å². The minimum atomic E-state index is -0.420. The Bertz CT molecular complexity index is 863. The number of aromatic nitrogens is 1. The molecule has 1 saturated heterocycles. The van der Waals surface area contributed by atoms with Gasteiger partial charge in [0.05, 0.1) is 19.9 Å². The molecule has 8 heteroatoms. The number of carbonyl (C=O) groups is 2. The third-order valence-corrected chi connectivity index (χ3v) is 4.69. The van der Waals surface area contributed by atoms with Gasteiger partial charge in [0.25, 0.3) is 11.8 Å². The summed E-state index contributed by atoms with van der Waals surface area (Å²) in [6.45, 7) is 3.01. The van der Waals surface area contributed by atoms with E-state index in [0.717, 1.165) is 13.1 Å². The number of anilines is 1. The summed E-state index contributed by atoms with van der Waals surface area (Å²) in [6.07, 6.45) is 1.48. The third-order valence-electron chi connectivity index (χ3n) is 4.69. The number of nitrogens with zero attached hydrogens (tertiary/aromatic N) is 3. The van der Waals surface area contributed by atoms with Gasteiger partial charge in [-0.15, -0.1) is 0 Å². The van der Waals surface area contributed by atoms with Gasteiger partial charge in [0.1, 0.15) is 17.2 Å². The van der Waals surface area contributed by atoms with Crippen molar-refractivity contribution in [3.05, 3.63) is 47.8 Å². The molecular formula is C20H24N4O4. The molecule has 0 radical (unpaired) electrons. The highest BCUT2D eigenvalue weighted by molar-refractivity contribution is 6.05. The van der Waals surface area contributed by atoms with Crippen LogP contribution in [-0.2, 0) is 0 Å². The Labute approximate surface area is 164 Å². The Hall–Kier alpha value is -3.13. The molecule has 1 N–H and O–H groups in total. The Morgan fingerprint density at radius 1 is 1.04 bits per heavy atom. The zero-order valence-electron chi connectivity index (χ0n) is 16.3. The van der Waals surface area contributed by atoms with E-state index in [4.69, 9.17) is 9.47 Å². The molecule has 8 nitrogen and oxygen atoms in total. The largest absolute Gasteiger partial charge is 0.497 e. The summed E-state index contributed by atoms with van der Waals surface area (Å²) >= 11 is 0. The zero-order chi connectivity index (χ0) is 20.1. The van der Waals surface area contributed by atoms with Gasteiger partial charge in [-0.25, -0.2) is 0 Å². The van der Waals surface area contributed by atoms with Crippen molar-refractivity contribution in [2.24, 2.45) is 0 Å². The summed E-state index contributed by atoms with van der Waals surface area (Å²) in [6, 6.07) is 8.24. The second-order valence-electron chi connectivity index (χ2n) is 6.55. The summed E-state index contributed by atoms with van der Waals surface area (Å²) in [5.41, 5.74) is 1.11. The summed E-state index contributed by atoms with van der Waals surface area (Å²) in [5, 5.41) is 2.77. The van der Waals surface area contributed by atoms with Crippen LogP contribution in [0.1, 0.15) is 20.8 Å². The molecule has 1 aliphatic heterocycles. The van der Waals surface area contributed by atoms with E-state index in [-0.39, 0.29) is 11.6 Å². The van der Waals surface area contributed by atoms with E-state index in [1.807, 2.05) is 7.05 Å². The Morgan fingerprint density at radius 2 is 1.79 bits per heavy atom. The van der Waals surface area contributed by atoms with Crippen LogP contribution in [-0.4, -0.2) is 74.0 Å². The second-order valence-corrected chi connectivity index (χ2v) is 6.55. The predicted octanol–water partition coefficient (Wildman–Crippen LogP) is 1.74. The van der Waals surface area contributed by atoms with Gasteiger partial charge < -0.3 is 24.6 Å². The van der Waals surface area contributed by atoms with Crippen LogP contribution in [0.25, 0.3) is 0 Å². The molecule has 2 heterocycles. The van der Waals surface area contributed by atoms with Crippen molar-refractivity contribution in [2.45, 2.75) is 0 Å². The first-order valence-corrected chi connectivity index (χ1v) is 8.99. The first kappa shape index (κ1) is 19.6. The molecule has 0 bridgehead atoms. The van der Waals surface area contributed by atoms with Crippen molar-refractivity contribution in [3.8, 4) is 11.5 Å². The number of nitrogens with one attached hydrogen (secondary N) is 1. The van der Waals surface area contributed by atoms with Gasteiger partial charge >= 0.3 is 0 Å². The molecule has 2 aromatic rings. The summed E-state index contributed by atoms with van der Waals surface area (Å²) in [4.78, 5) is 33.4. The van der Waals surface area contributed by atoms with Crippen molar-refractivity contribution < 1.29 is 19.1 Å². The normalized spacial score (nSPS) is 14.5. The summed E-state index contributed by atoms with van der Waals surface area (Å²) in [7, 11) is 5.10. The van der Waals surface area contributed by atoms with Crippen LogP contribution in [0.3, 0.4) is 0 Å². The lowest BCUT2D eigenvalue weighted by Gasteiger charge is -2.32. The fourth-order valence-corrected chi connectivity index (χ4v) is 2.97. The molecule has 1 aromatic carbocycles. The maximum absolute atomic E-state index is 12.7. The lowest BCUT2D eigenvalue weighted by atomic mass is 10.1. The molecule has 148 valence electrons. The minimum Gasteiger partial charge on any atom is -0.497 e. The van der Waals surface area contributed by atoms with Crippen LogP contribution in [0.2, 0.25) is 0 Å². The van der Waals surface area contributed by atoms with Crippen LogP contribution in [0.4, 0.5) is 5.69 Å². The number of pyridine rings is 1. The number of piperazine rings is 1. The molecule has 0 unspecified atom stereocenters. The van der Waals surface area contributed by atoms with Gasteiger partial charge in [-0.1, -0.05) is 0 Å². The number of rotatable bonds is 5. The zero-order valence-corrected chi connectivity index (χ0v) is 16.3. The molecular weight excluding hydrogens is 360 g/mol. The number of benzene rings is 1. The van der Waals surface area contributed by atoms with E-state index >= 15 is 0 Å². The fourth-order valence-electron chi connectivity index (χ4n) is 2.97. The Balaban J connectivity index is 1.75. The smallest absolute Gasteiger partial charge is 0.274 e. The average Bonchev–Trinajstić information content (AvgIpc) is 2.74. The summed E-state index contributed by atoms with van der Waals surface area (Å²) < 4.78 is 10.5. The third kappa shape index (κ3) is 4.40. The average molecular weight is 384 g/mol. The number of amides is 2. The van der Waals surface area contributed by atoms with Crippen molar-refractivity contribution >= 4 is 17.5 Å². The molecule has 0 saturated carbocycles. The van der Waals surface area contributed by atoms with Crippen LogP contribution in [0, 0.1) is 0 Å². The molecule has 0 atom stereocenters. The van der Waals surface area contributed by atoms with Crippen molar-refractivity contribution in [1.29, 1.82) is 0 Å². The van der Waals surface area contributed by atoms with Gasteiger partial charge in [0.15, 0.2) is 0 Å². The second kappa shape index (κ2) is 8.71. The quantitative estimate of drug-likeness (QED) is 0.845. The Kier molecular flexibility index (Phi) is 6.10. The van der Waals surface area contributed by atoms with E-state index in [1.54, 1.807) is 36.3 Å². The molecule has 1 fully saturated rings.